The van der Waals surface area contributed by atoms with Crippen LogP contribution >= 0.6 is 0 Å². The highest BCUT2D eigenvalue weighted by molar-refractivity contribution is 7.93. The van der Waals surface area contributed by atoms with E-state index in [1.165, 1.54) is 0 Å². The van der Waals surface area contributed by atoms with Crippen LogP contribution in [-0.2, 0) is 14.8 Å². The van der Waals surface area contributed by atoms with Gasteiger partial charge in [-0.15, -0.1) is 0 Å². The van der Waals surface area contributed by atoms with Gasteiger partial charge in [0.1, 0.15) is 0 Å². The number of ether oxygens (including phenoxy) is 1. The molecule has 1 amide bonds. The Labute approximate surface area is 100 Å². The second-order valence-corrected chi connectivity index (χ2v) is 4.84. The van der Waals surface area contributed by atoms with Gasteiger partial charge in [0, 0.05) is 0 Å². The number of carbonyl (C=O) groups excluding carboxylic acids is 1. The molecule has 0 aliphatic carbocycles. The van der Waals surface area contributed by atoms with Crippen molar-refractivity contribution in [3.05, 3.63) is 41.3 Å². The zero-order valence-corrected chi connectivity index (χ0v) is 10.3. The standard InChI is InChI=1S/C11H13NO4S/c1-9(10-6-4-3-5-7-10)8-17(14,15)12-11(13)16-2/h3-8H,1-2H3,(H,12,13)/b9-8-. The number of sulfonamides is 1. The SMILES string of the molecule is COC(=O)NS(=O)(=O)/C=C(/C)c1ccccc1. The Hall–Kier alpha value is -1.82. The molecule has 1 N–H and O–H groups in total. The van der Waals surface area contributed by atoms with Gasteiger partial charge < -0.3 is 4.74 Å². The van der Waals surface area contributed by atoms with Gasteiger partial charge >= 0.3 is 6.09 Å². The molecule has 1 rings (SSSR count). The summed E-state index contributed by atoms with van der Waals surface area (Å²) >= 11 is 0. The Balaban J connectivity index is 2.92. The number of allylic oxidation sites excluding steroid dienone is 1. The number of hydrogen-bond acceptors (Lipinski definition) is 4. The van der Waals surface area contributed by atoms with Gasteiger partial charge in [-0.2, -0.15) is 0 Å². The smallest absolute Gasteiger partial charge is 0.420 e. The van der Waals surface area contributed by atoms with E-state index in [4.69, 9.17) is 0 Å². The molecule has 0 saturated carbocycles. The lowest BCUT2D eigenvalue weighted by Gasteiger charge is -2.04. The fourth-order valence-corrected chi connectivity index (χ4v) is 2.17. The molecule has 0 fully saturated rings. The van der Waals surface area contributed by atoms with Crippen LogP contribution in [0.5, 0.6) is 0 Å². The molecule has 0 saturated heterocycles. The number of amides is 1. The Kier molecular flexibility index (Phi) is 4.28. The molecule has 0 aliphatic heterocycles. The van der Waals surface area contributed by atoms with Crippen molar-refractivity contribution in [3.63, 3.8) is 0 Å². The molecule has 0 aromatic heterocycles. The number of carbonyl (C=O) groups is 1. The summed E-state index contributed by atoms with van der Waals surface area (Å²) in [6.07, 6.45) is -1.01. The number of rotatable bonds is 3. The van der Waals surface area contributed by atoms with E-state index in [1.807, 2.05) is 6.07 Å². The lowest BCUT2D eigenvalue weighted by atomic mass is 10.1. The maximum absolute atomic E-state index is 11.5. The first-order valence-electron chi connectivity index (χ1n) is 4.79. The summed E-state index contributed by atoms with van der Waals surface area (Å²) in [6.45, 7) is 1.64. The van der Waals surface area contributed by atoms with Crippen LogP contribution in [0.25, 0.3) is 5.57 Å². The zero-order valence-electron chi connectivity index (χ0n) is 9.51. The second-order valence-electron chi connectivity index (χ2n) is 3.31. The van der Waals surface area contributed by atoms with E-state index in [0.717, 1.165) is 18.1 Å². The summed E-state index contributed by atoms with van der Waals surface area (Å²) in [7, 11) is -2.73. The monoisotopic (exact) mass is 255 g/mol. The number of methoxy groups -OCH3 is 1. The Morgan fingerprint density at radius 2 is 1.88 bits per heavy atom. The second kappa shape index (κ2) is 5.49. The summed E-state index contributed by atoms with van der Waals surface area (Å²) in [5.74, 6) is 0. The van der Waals surface area contributed by atoms with Crippen molar-refractivity contribution in [2.75, 3.05) is 7.11 Å². The average molecular weight is 255 g/mol. The average Bonchev–Trinajstić information content (AvgIpc) is 2.28. The molecule has 0 unspecified atom stereocenters. The van der Waals surface area contributed by atoms with E-state index in [-0.39, 0.29) is 0 Å². The molecule has 0 bridgehead atoms. The maximum Gasteiger partial charge on any atom is 0.420 e. The minimum atomic E-state index is -3.83. The van der Waals surface area contributed by atoms with Gasteiger partial charge in [-0.1, -0.05) is 30.3 Å². The predicted octanol–water partition coefficient (Wildman–Crippen LogP) is 1.73. The molecule has 1 aromatic carbocycles. The van der Waals surface area contributed by atoms with Crippen molar-refractivity contribution in [3.8, 4) is 0 Å². The van der Waals surface area contributed by atoms with E-state index in [1.54, 1.807) is 35.9 Å². The third-order valence-electron chi connectivity index (χ3n) is 1.97. The van der Waals surface area contributed by atoms with Crippen LogP contribution in [0, 0.1) is 0 Å². The van der Waals surface area contributed by atoms with Gasteiger partial charge in [0.25, 0.3) is 10.0 Å². The summed E-state index contributed by atoms with van der Waals surface area (Å²) in [5.41, 5.74) is 1.30. The predicted molar refractivity (Wildman–Crippen MR) is 64.6 cm³/mol. The molecular weight excluding hydrogens is 242 g/mol. The van der Waals surface area contributed by atoms with E-state index < -0.39 is 16.1 Å². The summed E-state index contributed by atoms with van der Waals surface area (Å²) in [4.78, 5) is 10.8. The molecule has 0 atom stereocenters. The number of nitrogens with one attached hydrogen (secondary N) is 1. The topological polar surface area (TPSA) is 72.5 Å². The lowest BCUT2D eigenvalue weighted by molar-refractivity contribution is 0.178. The minimum absolute atomic E-state index is 0.530. The van der Waals surface area contributed by atoms with Crippen LogP contribution in [0.1, 0.15) is 12.5 Å². The summed E-state index contributed by atoms with van der Waals surface area (Å²) in [6, 6.07) is 8.98. The molecule has 0 aliphatic rings. The third-order valence-corrected chi connectivity index (χ3v) is 3.09. The minimum Gasteiger partial charge on any atom is -0.452 e. The molecule has 5 nitrogen and oxygen atoms in total. The molecule has 17 heavy (non-hydrogen) atoms. The lowest BCUT2D eigenvalue weighted by Crippen LogP contribution is -2.28. The van der Waals surface area contributed by atoms with Crippen LogP contribution in [-0.4, -0.2) is 21.6 Å². The quantitative estimate of drug-likeness (QED) is 0.892. The molecule has 0 radical (unpaired) electrons. The van der Waals surface area contributed by atoms with Gasteiger partial charge in [-0.3, -0.25) is 0 Å². The molecule has 0 spiro atoms. The highest BCUT2D eigenvalue weighted by Crippen LogP contribution is 2.13. The Morgan fingerprint density at radius 3 is 2.41 bits per heavy atom. The van der Waals surface area contributed by atoms with Crippen molar-refractivity contribution in [2.24, 2.45) is 0 Å². The van der Waals surface area contributed by atoms with E-state index in [2.05, 4.69) is 4.74 Å². The van der Waals surface area contributed by atoms with Crippen LogP contribution in [0.4, 0.5) is 4.79 Å². The first-order chi connectivity index (χ1) is 7.94. The number of hydrogen-bond donors (Lipinski definition) is 1. The van der Waals surface area contributed by atoms with Crippen molar-refractivity contribution in [2.45, 2.75) is 6.92 Å². The third kappa shape index (κ3) is 4.28. The molecular formula is C11H13NO4S. The van der Waals surface area contributed by atoms with E-state index >= 15 is 0 Å². The summed E-state index contributed by atoms with van der Waals surface area (Å²) < 4.78 is 28.9. The van der Waals surface area contributed by atoms with Gasteiger partial charge in [0.05, 0.1) is 12.5 Å². The van der Waals surface area contributed by atoms with Crippen LogP contribution in [0.2, 0.25) is 0 Å². The number of benzene rings is 1. The van der Waals surface area contributed by atoms with Gasteiger partial charge in [-0.05, 0) is 18.1 Å². The van der Waals surface area contributed by atoms with E-state index in [9.17, 15) is 13.2 Å². The highest BCUT2D eigenvalue weighted by Gasteiger charge is 2.12. The van der Waals surface area contributed by atoms with Crippen molar-refractivity contribution >= 4 is 21.7 Å². The Bertz CT molecular complexity index is 520. The van der Waals surface area contributed by atoms with Gasteiger partial charge in [-0.25, -0.2) is 17.9 Å². The molecule has 0 heterocycles. The molecule has 6 heteroatoms. The molecule has 1 aromatic rings. The van der Waals surface area contributed by atoms with Crippen molar-refractivity contribution in [1.29, 1.82) is 0 Å². The van der Waals surface area contributed by atoms with Gasteiger partial charge in [0.15, 0.2) is 0 Å². The Morgan fingerprint density at radius 1 is 1.29 bits per heavy atom. The fraction of sp³-hybridized carbons (Fsp3) is 0.182. The van der Waals surface area contributed by atoms with Crippen molar-refractivity contribution in [1.82, 2.24) is 4.72 Å². The van der Waals surface area contributed by atoms with E-state index in [0.29, 0.717) is 5.57 Å². The van der Waals surface area contributed by atoms with Gasteiger partial charge in [0.2, 0.25) is 0 Å². The van der Waals surface area contributed by atoms with Crippen molar-refractivity contribution < 1.29 is 17.9 Å². The maximum atomic E-state index is 11.5. The fourth-order valence-electron chi connectivity index (χ4n) is 1.19. The first kappa shape index (κ1) is 13.2. The molecule has 92 valence electrons. The highest BCUT2D eigenvalue weighted by atomic mass is 32.2. The van der Waals surface area contributed by atoms with Crippen LogP contribution in [0.3, 0.4) is 0 Å². The van der Waals surface area contributed by atoms with Crippen LogP contribution in [0.15, 0.2) is 35.7 Å². The largest absolute Gasteiger partial charge is 0.452 e. The first-order valence-corrected chi connectivity index (χ1v) is 6.34. The normalized spacial score (nSPS) is 12.0. The zero-order chi connectivity index (χ0) is 12.9. The van der Waals surface area contributed by atoms with Crippen LogP contribution < -0.4 is 4.72 Å². The summed E-state index contributed by atoms with van der Waals surface area (Å²) in [5, 5.41) is 0.985.